The highest BCUT2D eigenvalue weighted by molar-refractivity contribution is 7.92. The summed E-state index contributed by atoms with van der Waals surface area (Å²) in [6.07, 6.45) is 1.37. The zero-order valence-corrected chi connectivity index (χ0v) is 11.4. The lowest BCUT2D eigenvalue weighted by atomic mass is 10.2. The Morgan fingerprint density at radius 2 is 2.00 bits per heavy atom. The number of nitrogens with two attached hydrogens (primary N) is 1. The molecule has 0 fully saturated rings. The smallest absolute Gasteiger partial charge is 0.282 e. The monoisotopic (exact) mass is 278 g/mol. The first-order chi connectivity index (χ1) is 8.88. The maximum absolute atomic E-state index is 12.2. The molecule has 3 N–H and O–H groups in total. The SMILES string of the molecule is Cc1cc(C)nc(NS(=O)(=O)c2ncccc2N)c1. The molecule has 0 aliphatic heterocycles. The van der Waals surface area contributed by atoms with Gasteiger partial charge in [-0.15, -0.1) is 0 Å². The van der Waals surface area contributed by atoms with Crippen molar-refractivity contribution < 1.29 is 8.42 Å². The molecule has 100 valence electrons. The van der Waals surface area contributed by atoms with Gasteiger partial charge in [-0.05, 0) is 43.7 Å². The number of nitrogens with one attached hydrogen (secondary N) is 1. The van der Waals surface area contributed by atoms with Crippen molar-refractivity contribution in [1.29, 1.82) is 0 Å². The number of sulfonamides is 1. The Hall–Kier alpha value is -2.15. The lowest BCUT2D eigenvalue weighted by Gasteiger charge is -2.09. The minimum absolute atomic E-state index is 0.0966. The molecule has 0 amide bonds. The van der Waals surface area contributed by atoms with Crippen LogP contribution in [0.15, 0.2) is 35.5 Å². The molecule has 2 heterocycles. The van der Waals surface area contributed by atoms with Gasteiger partial charge in [-0.3, -0.25) is 4.72 Å². The molecule has 19 heavy (non-hydrogen) atoms. The van der Waals surface area contributed by atoms with Crippen LogP contribution in [-0.2, 0) is 10.0 Å². The number of nitrogen functional groups attached to an aromatic ring is 1. The molecule has 2 aromatic heterocycles. The molecule has 0 unspecified atom stereocenters. The molecule has 0 atom stereocenters. The molecule has 6 nitrogen and oxygen atoms in total. The molecular weight excluding hydrogens is 264 g/mol. The summed E-state index contributed by atoms with van der Waals surface area (Å²) in [5.74, 6) is 0.252. The van der Waals surface area contributed by atoms with E-state index in [0.29, 0.717) is 0 Å². The van der Waals surface area contributed by atoms with Gasteiger partial charge in [-0.1, -0.05) is 0 Å². The molecule has 0 spiro atoms. The molecule has 0 aliphatic rings. The summed E-state index contributed by atoms with van der Waals surface area (Å²) in [7, 11) is -3.83. The van der Waals surface area contributed by atoms with Gasteiger partial charge in [0.1, 0.15) is 5.82 Å². The summed E-state index contributed by atoms with van der Waals surface area (Å²) in [5.41, 5.74) is 7.36. The fourth-order valence-electron chi connectivity index (χ4n) is 1.71. The van der Waals surface area contributed by atoms with Crippen LogP contribution < -0.4 is 10.5 Å². The molecule has 0 radical (unpaired) electrons. The van der Waals surface area contributed by atoms with Gasteiger partial charge in [-0.2, -0.15) is 8.42 Å². The van der Waals surface area contributed by atoms with Gasteiger partial charge >= 0.3 is 0 Å². The van der Waals surface area contributed by atoms with E-state index in [1.165, 1.54) is 12.3 Å². The summed E-state index contributed by atoms with van der Waals surface area (Å²) in [6, 6.07) is 6.55. The van der Waals surface area contributed by atoms with Crippen molar-refractivity contribution in [3.8, 4) is 0 Å². The zero-order chi connectivity index (χ0) is 14.0. The van der Waals surface area contributed by atoms with E-state index in [2.05, 4.69) is 14.7 Å². The number of hydrogen-bond acceptors (Lipinski definition) is 5. The fraction of sp³-hybridized carbons (Fsp3) is 0.167. The number of aromatic nitrogens is 2. The highest BCUT2D eigenvalue weighted by Gasteiger charge is 2.19. The van der Waals surface area contributed by atoms with Crippen molar-refractivity contribution in [1.82, 2.24) is 9.97 Å². The van der Waals surface area contributed by atoms with Crippen molar-refractivity contribution in [2.45, 2.75) is 18.9 Å². The van der Waals surface area contributed by atoms with Gasteiger partial charge < -0.3 is 5.73 Å². The Bertz CT molecular complexity index is 693. The van der Waals surface area contributed by atoms with E-state index in [4.69, 9.17) is 5.73 Å². The Balaban J connectivity index is 2.39. The maximum atomic E-state index is 12.2. The van der Waals surface area contributed by atoms with Gasteiger partial charge in [0, 0.05) is 11.9 Å². The van der Waals surface area contributed by atoms with Crippen molar-refractivity contribution in [3.05, 3.63) is 41.7 Å². The number of pyridine rings is 2. The normalized spacial score (nSPS) is 11.3. The standard InChI is InChI=1S/C12H14N4O2S/c1-8-6-9(2)15-11(7-8)16-19(17,18)12-10(13)4-3-5-14-12/h3-7H,13H2,1-2H3,(H,15,16). The van der Waals surface area contributed by atoms with Crippen molar-refractivity contribution in [2.75, 3.05) is 10.5 Å². The molecule has 0 aliphatic carbocycles. The molecule has 0 bridgehead atoms. The van der Waals surface area contributed by atoms with Crippen LogP contribution in [0.4, 0.5) is 11.5 Å². The topological polar surface area (TPSA) is 98.0 Å². The fourth-order valence-corrected chi connectivity index (χ4v) is 2.76. The molecule has 7 heteroatoms. The Kier molecular flexibility index (Phi) is 3.39. The highest BCUT2D eigenvalue weighted by Crippen LogP contribution is 2.18. The van der Waals surface area contributed by atoms with Crippen LogP contribution in [-0.4, -0.2) is 18.4 Å². The molecule has 0 saturated carbocycles. The number of nitrogens with zero attached hydrogens (tertiary/aromatic N) is 2. The summed E-state index contributed by atoms with van der Waals surface area (Å²) >= 11 is 0. The van der Waals surface area contributed by atoms with Crippen LogP contribution in [0.5, 0.6) is 0 Å². The van der Waals surface area contributed by atoms with Gasteiger partial charge in [-0.25, -0.2) is 9.97 Å². The third kappa shape index (κ3) is 3.00. The van der Waals surface area contributed by atoms with Crippen LogP contribution >= 0.6 is 0 Å². The van der Waals surface area contributed by atoms with Crippen LogP contribution in [0.2, 0.25) is 0 Å². The lowest BCUT2D eigenvalue weighted by molar-refractivity contribution is 0.598. The third-order valence-electron chi connectivity index (χ3n) is 2.39. The van der Waals surface area contributed by atoms with Crippen molar-refractivity contribution in [2.24, 2.45) is 0 Å². The van der Waals surface area contributed by atoms with Gasteiger partial charge in [0.2, 0.25) is 0 Å². The van der Waals surface area contributed by atoms with E-state index in [-0.39, 0.29) is 16.5 Å². The summed E-state index contributed by atoms with van der Waals surface area (Å²) in [5, 5.41) is -0.198. The van der Waals surface area contributed by atoms with E-state index in [1.807, 2.05) is 13.0 Å². The number of aryl methyl sites for hydroxylation is 2. The van der Waals surface area contributed by atoms with Crippen molar-refractivity contribution in [3.63, 3.8) is 0 Å². The van der Waals surface area contributed by atoms with E-state index in [1.54, 1.807) is 19.1 Å². The molecule has 2 rings (SSSR count). The van der Waals surface area contributed by atoms with Crippen LogP contribution in [0.1, 0.15) is 11.3 Å². The van der Waals surface area contributed by atoms with E-state index in [9.17, 15) is 8.42 Å². The third-order valence-corrected chi connectivity index (χ3v) is 3.72. The van der Waals surface area contributed by atoms with Crippen LogP contribution in [0, 0.1) is 13.8 Å². The predicted octanol–water partition coefficient (Wildman–Crippen LogP) is 1.48. The number of rotatable bonds is 3. The molecular formula is C12H14N4O2S. The van der Waals surface area contributed by atoms with E-state index < -0.39 is 10.0 Å². The summed E-state index contributed by atoms with van der Waals surface area (Å²) < 4.78 is 26.7. The first-order valence-corrected chi connectivity index (χ1v) is 7.05. The van der Waals surface area contributed by atoms with E-state index in [0.717, 1.165) is 11.3 Å². The van der Waals surface area contributed by atoms with Crippen LogP contribution in [0.3, 0.4) is 0 Å². The zero-order valence-electron chi connectivity index (χ0n) is 10.6. The lowest BCUT2D eigenvalue weighted by Crippen LogP contribution is -2.17. The minimum Gasteiger partial charge on any atom is -0.396 e. The summed E-state index contributed by atoms with van der Waals surface area (Å²) in [4.78, 5) is 7.90. The maximum Gasteiger partial charge on any atom is 0.282 e. The average molecular weight is 278 g/mol. The highest BCUT2D eigenvalue weighted by atomic mass is 32.2. The molecule has 0 aromatic carbocycles. The number of anilines is 2. The predicted molar refractivity (Wildman–Crippen MR) is 73.2 cm³/mol. The van der Waals surface area contributed by atoms with Crippen LogP contribution in [0.25, 0.3) is 0 Å². The Labute approximate surface area is 111 Å². The average Bonchev–Trinajstić information content (AvgIpc) is 2.26. The summed E-state index contributed by atoms with van der Waals surface area (Å²) in [6.45, 7) is 3.65. The Morgan fingerprint density at radius 3 is 2.63 bits per heavy atom. The quantitative estimate of drug-likeness (QED) is 0.886. The van der Waals surface area contributed by atoms with E-state index >= 15 is 0 Å². The minimum atomic E-state index is -3.83. The number of hydrogen-bond donors (Lipinski definition) is 2. The molecule has 0 saturated heterocycles. The second-order valence-electron chi connectivity index (χ2n) is 4.17. The van der Waals surface area contributed by atoms with Gasteiger partial charge in [0.15, 0.2) is 5.03 Å². The van der Waals surface area contributed by atoms with Gasteiger partial charge in [0.05, 0.1) is 5.69 Å². The second kappa shape index (κ2) is 4.85. The van der Waals surface area contributed by atoms with Gasteiger partial charge in [0.25, 0.3) is 10.0 Å². The molecule has 2 aromatic rings. The first kappa shape index (κ1) is 13.3. The first-order valence-electron chi connectivity index (χ1n) is 5.57. The largest absolute Gasteiger partial charge is 0.396 e. The second-order valence-corrected chi connectivity index (χ2v) is 5.77. The van der Waals surface area contributed by atoms with Crippen molar-refractivity contribution >= 4 is 21.5 Å². The Morgan fingerprint density at radius 1 is 1.26 bits per heavy atom.